The van der Waals surface area contributed by atoms with Crippen molar-refractivity contribution >= 4 is 43.6 Å². The first-order valence-electron chi connectivity index (χ1n) is 19.7. The van der Waals surface area contributed by atoms with Crippen LogP contribution in [0.2, 0.25) is 0 Å². The molecular weight excluding hydrogens is 795 g/mol. The van der Waals surface area contributed by atoms with Gasteiger partial charge in [-0.25, -0.2) is 0 Å². The van der Waals surface area contributed by atoms with Crippen LogP contribution in [-0.2, 0) is 12.4 Å². The highest BCUT2D eigenvalue weighted by Crippen LogP contribution is 2.44. The van der Waals surface area contributed by atoms with E-state index in [1.807, 2.05) is 109 Å². The number of nitriles is 1. The number of halogens is 6. The largest absolute Gasteiger partial charge is 0.416 e. The number of para-hydroxylation sites is 2. The van der Waals surface area contributed by atoms with E-state index >= 15 is 0 Å². The molecule has 0 N–H and O–H groups in total. The molecule has 10 rings (SSSR count). The zero-order valence-electron chi connectivity index (χ0n) is 33.1. The normalized spacial score (nSPS) is 12.2. The number of aryl methyl sites for hydroxylation is 2. The molecular formula is C52H32F6N4. The third-order valence-electron chi connectivity index (χ3n) is 11.5. The van der Waals surface area contributed by atoms with Gasteiger partial charge in [0.2, 0.25) is 0 Å². The van der Waals surface area contributed by atoms with Gasteiger partial charge in [0.1, 0.15) is 0 Å². The number of fused-ring (bicyclic) bond motifs is 6. The van der Waals surface area contributed by atoms with Crippen molar-refractivity contribution in [3.05, 3.63) is 186 Å². The van der Waals surface area contributed by atoms with Crippen molar-refractivity contribution in [2.24, 2.45) is 0 Å². The summed E-state index contributed by atoms with van der Waals surface area (Å²) in [6.07, 6.45) is -5.61. The Bertz CT molecular complexity index is 3270. The number of pyridine rings is 1. The third-order valence-corrected chi connectivity index (χ3v) is 11.5. The molecule has 0 bridgehead atoms. The fraction of sp³-hybridized carbons (Fsp3) is 0.0769. The molecule has 10 heteroatoms. The Hall–Kier alpha value is -7.64. The monoisotopic (exact) mass is 826 g/mol. The third kappa shape index (κ3) is 6.45. The highest BCUT2D eigenvalue weighted by molar-refractivity contribution is 6.13. The summed E-state index contributed by atoms with van der Waals surface area (Å²) in [4.78, 5) is 4.31. The van der Waals surface area contributed by atoms with Crippen molar-refractivity contribution in [2.75, 3.05) is 0 Å². The number of aromatic nitrogens is 3. The van der Waals surface area contributed by atoms with Crippen LogP contribution in [0.25, 0.3) is 88.4 Å². The molecule has 0 fully saturated rings. The molecule has 62 heavy (non-hydrogen) atoms. The van der Waals surface area contributed by atoms with Crippen molar-refractivity contribution in [1.82, 2.24) is 14.1 Å². The second-order valence-corrected chi connectivity index (χ2v) is 15.6. The van der Waals surface area contributed by atoms with Gasteiger partial charge in [0.15, 0.2) is 0 Å². The first kappa shape index (κ1) is 38.6. The van der Waals surface area contributed by atoms with Gasteiger partial charge in [0.05, 0.1) is 56.2 Å². The lowest BCUT2D eigenvalue weighted by atomic mass is 9.98. The van der Waals surface area contributed by atoms with E-state index in [1.54, 1.807) is 38.4 Å². The highest BCUT2D eigenvalue weighted by Gasteiger charge is 2.32. The number of hydrogen-bond donors (Lipinski definition) is 0. The van der Waals surface area contributed by atoms with Crippen LogP contribution < -0.4 is 0 Å². The molecule has 3 heterocycles. The summed E-state index contributed by atoms with van der Waals surface area (Å²) >= 11 is 0. The molecule has 0 atom stereocenters. The standard InChI is InChI=1S/C52H32F6N4/c1-30-19-36(25-38(21-30)51(53,54)55)34-11-13-46-42(27-34)40-7-3-5-9-44(40)61(46)48-23-32(29-59)24-49(50(48)33-15-17-60-18-16-33)62-45-10-6-4-8-41(45)43-28-35(12-14-47(43)62)37-20-31(2)22-39(26-37)52(56,57)58/h3-28H,1-2H3. The molecule has 0 aliphatic rings. The Kier molecular flexibility index (Phi) is 8.85. The maximum atomic E-state index is 13.9. The van der Waals surface area contributed by atoms with E-state index in [2.05, 4.69) is 20.2 Å². The van der Waals surface area contributed by atoms with Crippen molar-refractivity contribution in [3.63, 3.8) is 0 Å². The van der Waals surface area contributed by atoms with E-state index < -0.39 is 23.5 Å². The Morgan fingerprint density at radius 3 is 1.32 bits per heavy atom. The highest BCUT2D eigenvalue weighted by atomic mass is 19.4. The van der Waals surface area contributed by atoms with Gasteiger partial charge >= 0.3 is 12.4 Å². The molecule has 10 aromatic rings. The van der Waals surface area contributed by atoms with E-state index in [1.165, 1.54) is 12.1 Å². The predicted octanol–water partition coefficient (Wildman–Crippen LogP) is 14.8. The fourth-order valence-electron chi connectivity index (χ4n) is 8.89. The molecule has 0 aliphatic carbocycles. The van der Waals surface area contributed by atoms with Crippen LogP contribution >= 0.6 is 0 Å². The van der Waals surface area contributed by atoms with Crippen LogP contribution in [-0.4, -0.2) is 14.1 Å². The molecule has 0 saturated carbocycles. The topological polar surface area (TPSA) is 46.5 Å². The van der Waals surface area contributed by atoms with Gasteiger partial charge in [-0.1, -0.05) is 60.7 Å². The maximum Gasteiger partial charge on any atom is 0.416 e. The van der Waals surface area contributed by atoms with Crippen LogP contribution in [0.4, 0.5) is 26.3 Å². The van der Waals surface area contributed by atoms with Gasteiger partial charge in [-0.3, -0.25) is 4.98 Å². The zero-order valence-corrected chi connectivity index (χ0v) is 33.1. The fourth-order valence-corrected chi connectivity index (χ4v) is 8.89. The minimum Gasteiger partial charge on any atom is -0.308 e. The van der Waals surface area contributed by atoms with Gasteiger partial charge in [-0.2, -0.15) is 31.6 Å². The first-order valence-corrected chi connectivity index (χ1v) is 19.7. The van der Waals surface area contributed by atoms with Crippen LogP contribution in [0.3, 0.4) is 0 Å². The summed E-state index contributed by atoms with van der Waals surface area (Å²) in [7, 11) is 0. The van der Waals surface area contributed by atoms with E-state index in [0.29, 0.717) is 50.3 Å². The smallest absolute Gasteiger partial charge is 0.308 e. The quantitative estimate of drug-likeness (QED) is 0.162. The molecule has 4 nitrogen and oxygen atoms in total. The van der Waals surface area contributed by atoms with Gasteiger partial charge in [0.25, 0.3) is 0 Å². The minimum atomic E-state index is -4.51. The zero-order chi connectivity index (χ0) is 43.1. The van der Waals surface area contributed by atoms with Gasteiger partial charge in [-0.05, 0) is 138 Å². The summed E-state index contributed by atoms with van der Waals surface area (Å²) < 4.78 is 87.9. The first-order chi connectivity index (χ1) is 29.8. The second-order valence-electron chi connectivity index (χ2n) is 15.6. The Balaban J connectivity index is 1.26. The number of rotatable bonds is 5. The maximum absolute atomic E-state index is 13.9. The van der Waals surface area contributed by atoms with E-state index in [9.17, 15) is 31.6 Å². The number of hydrogen-bond acceptors (Lipinski definition) is 2. The average Bonchev–Trinajstić information content (AvgIpc) is 3.77. The average molecular weight is 827 g/mol. The van der Waals surface area contributed by atoms with Crippen molar-refractivity contribution < 1.29 is 26.3 Å². The molecule has 0 saturated heterocycles. The number of nitrogens with zero attached hydrogens (tertiary/aromatic N) is 4. The van der Waals surface area contributed by atoms with E-state index in [0.717, 1.165) is 66.9 Å². The van der Waals surface area contributed by atoms with Gasteiger partial charge in [-0.15, -0.1) is 0 Å². The molecule has 0 radical (unpaired) electrons. The van der Waals surface area contributed by atoms with Crippen LogP contribution in [0.15, 0.2) is 158 Å². The summed E-state index contributed by atoms with van der Waals surface area (Å²) in [5.41, 5.74) is 8.19. The molecule has 302 valence electrons. The van der Waals surface area contributed by atoms with Crippen LogP contribution in [0.5, 0.6) is 0 Å². The van der Waals surface area contributed by atoms with Gasteiger partial charge in [0, 0.05) is 39.5 Å². The summed E-state index contributed by atoms with van der Waals surface area (Å²) in [6, 6.07) is 44.9. The molecule has 7 aromatic carbocycles. The summed E-state index contributed by atoms with van der Waals surface area (Å²) in [5, 5.41) is 14.0. The molecule has 0 amide bonds. The van der Waals surface area contributed by atoms with Gasteiger partial charge < -0.3 is 9.13 Å². The number of alkyl halides is 6. The lowest BCUT2D eigenvalue weighted by Gasteiger charge is -2.21. The Morgan fingerprint density at radius 2 is 0.887 bits per heavy atom. The van der Waals surface area contributed by atoms with Crippen molar-refractivity contribution in [1.29, 1.82) is 5.26 Å². The minimum absolute atomic E-state index is 0.372. The Labute approximate surface area is 351 Å². The van der Waals surface area contributed by atoms with E-state index in [-0.39, 0.29) is 0 Å². The van der Waals surface area contributed by atoms with Crippen LogP contribution in [0, 0.1) is 25.2 Å². The van der Waals surface area contributed by atoms with Crippen LogP contribution in [0.1, 0.15) is 27.8 Å². The lowest BCUT2D eigenvalue weighted by Crippen LogP contribution is -2.05. The summed E-state index contributed by atoms with van der Waals surface area (Å²) in [6.45, 7) is 3.30. The molecule has 3 aromatic heterocycles. The van der Waals surface area contributed by atoms with Crippen molar-refractivity contribution in [2.45, 2.75) is 26.2 Å². The predicted molar refractivity (Wildman–Crippen MR) is 233 cm³/mol. The lowest BCUT2D eigenvalue weighted by molar-refractivity contribution is -0.138. The molecule has 0 spiro atoms. The molecule has 0 aliphatic heterocycles. The Morgan fingerprint density at radius 1 is 0.452 bits per heavy atom. The van der Waals surface area contributed by atoms with E-state index in [4.69, 9.17) is 0 Å². The second kappa shape index (κ2) is 14.2. The summed E-state index contributed by atoms with van der Waals surface area (Å²) in [5.74, 6) is 0. The number of benzene rings is 7. The van der Waals surface area contributed by atoms with Crippen molar-refractivity contribution in [3.8, 4) is 50.8 Å². The SMILES string of the molecule is Cc1cc(-c2ccc3c(c2)c2ccccc2n3-c2cc(C#N)cc(-n3c4ccccc4c4cc(-c5cc(C)cc(C(F)(F)F)c5)ccc43)c2-c2ccncc2)cc(C(F)(F)F)c1. The molecule has 0 unspecified atom stereocenters.